The van der Waals surface area contributed by atoms with Crippen molar-refractivity contribution in [2.45, 2.75) is 63.8 Å². The van der Waals surface area contributed by atoms with Gasteiger partial charge in [0.2, 0.25) is 5.91 Å². The molecule has 1 amide bonds. The highest BCUT2D eigenvalue weighted by atomic mass is 16.2. The van der Waals surface area contributed by atoms with Gasteiger partial charge < -0.3 is 10.6 Å². The third-order valence-corrected chi connectivity index (χ3v) is 7.56. The summed E-state index contributed by atoms with van der Waals surface area (Å²) in [5, 5.41) is 0. The van der Waals surface area contributed by atoms with Gasteiger partial charge in [-0.15, -0.1) is 0 Å². The van der Waals surface area contributed by atoms with E-state index in [1.807, 2.05) is 0 Å². The lowest BCUT2D eigenvalue weighted by molar-refractivity contribution is -0.140. The van der Waals surface area contributed by atoms with Gasteiger partial charge in [0.1, 0.15) is 0 Å². The summed E-state index contributed by atoms with van der Waals surface area (Å²) < 4.78 is 0. The van der Waals surface area contributed by atoms with Crippen molar-refractivity contribution >= 4 is 5.91 Å². The van der Waals surface area contributed by atoms with E-state index in [9.17, 15) is 4.79 Å². The Kier molecular flexibility index (Phi) is 5.35. The summed E-state index contributed by atoms with van der Waals surface area (Å²) in [7, 11) is 0. The smallest absolute Gasteiger partial charge is 0.225 e. The molecule has 3 aliphatic rings. The fraction of sp³-hybridized carbons (Fsp3) is 0.696. The van der Waals surface area contributed by atoms with Gasteiger partial charge in [0.05, 0.1) is 0 Å². The average Bonchev–Trinajstić information content (AvgIpc) is 2.67. The average molecular weight is 355 g/mol. The van der Waals surface area contributed by atoms with Crippen LogP contribution >= 0.6 is 0 Å². The second kappa shape index (κ2) is 7.72. The molecule has 26 heavy (non-hydrogen) atoms. The Morgan fingerprint density at radius 1 is 1.12 bits per heavy atom. The molecule has 2 N–H and O–H groups in total. The Morgan fingerprint density at radius 3 is 2.46 bits per heavy atom. The molecule has 2 aliphatic carbocycles. The molecule has 1 heterocycles. The lowest BCUT2D eigenvalue weighted by Gasteiger charge is -2.46. The van der Waals surface area contributed by atoms with Crippen LogP contribution in [0.5, 0.6) is 0 Å². The molecule has 4 unspecified atom stereocenters. The number of amides is 1. The number of nitrogens with zero attached hydrogens (tertiary/aromatic N) is 1. The maximum absolute atomic E-state index is 13.3. The van der Waals surface area contributed by atoms with Crippen LogP contribution in [0.3, 0.4) is 0 Å². The van der Waals surface area contributed by atoms with Gasteiger partial charge in [-0.05, 0) is 61.3 Å². The molecule has 3 nitrogen and oxygen atoms in total. The van der Waals surface area contributed by atoms with Gasteiger partial charge in [-0.1, -0.05) is 50.1 Å². The van der Waals surface area contributed by atoms with E-state index in [1.165, 1.54) is 24.8 Å². The standard InChI is InChI=1S/C23H34N2O/c1-2-16-15-25(12-11-21(16)17-7-4-3-5-8-17)23(26)20-13-18-9-6-10-19(14-20)22(18)24/h3-5,7-8,16,18-22H,2,6,9-15,24H2,1H3. The van der Waals surface area contributed by atoms with Crippen LogP contribution in [0.2, 0.25) is 0 Å². The zero-order valence-electron chi connectivity index (χ0n) is 16.1. The molecule has 142 valence electrons. The van der Waals surface area contributed by atoms with E-state index in [-0.39, 0.29) is 5.92 Å². The van der Waals surface area contributed by atoms with Crippen molar-refractivity contribution in [3.8, 4) is 0 Å². The number of hydrogen-bond donors (Lipinski definition) is 1. The molecule has 3 heteroatoms. The van der Waals surface area contributed by atoms with Crippen LogP contribution in [0.25, 0.3) is 0 Å². The molecule has 3 fully saturated rings. The molecule has 0 spiro atoms. The molecular weight excluding hydrogens is 320 g/mol. The maximum Gasteiger partial charge on any atom is 0.225 e. The van der Waals surface area contributed by atoms with Crippen LogP contribution < -0.4 is 5.73 Å². The van der Waals surface area contributed by atoms with E-state index in [0.29, 0.717) is 35.6 Å². The number of carbonyl (C=O) groups is 1. The zero-order chi connectivity index (χ0) is 18.1. The van der Waals surface area contributed by atoms with Crippen LogP contribution in [-0.2, 0) is 4.79 Å². The van der Waals surface area contributed by atoms with Crippen LogP contribution in [0.4, 0.5) is 0 Å². The largest absolute Gasteiger partial charge is 0.342 e. The Labute approximate surface area is 158 Å². The van der Waals surface area contributed by atoms with Crippen molar-refractivity contribution in [3.05, 3.63) is 35.9 Å². The molecule has 1 aromatic carbocycles. The fourth-order valence-corrected chi connectivity index (χ4v) is 6.03. The van der Waals surface area contributed by atoms with Crippen molar-refractivity contribution in [1.29, 1.82) is 0 Å². The minimum Gasteiger partial charge on any atom is -0.342 e. The highest BCUT2D eigenvalue weighted by Crippen LogP contribution is 2.43. The van der Waals surface area contributed by atoms with E-state index in [4.69, 9.17) is 5.73 Å². The van der Waals surface area contributed by atoms with Gasteiger partial charge in [0.15, 0.2) is 0 Å². The first-order chi connectivity index (χ1) is 12.7. The molecule has 0 aromatic heterocycles. The minimum absolute atomic E-state index is 0.232. The summed E-state index contributed by atoms with van der Waals surface area (Å²) in [6.07, 6.45) is 8.09. The molecule has 1 saturated heterocycles. The second-order valence-electron chi connectivity index (χ2n) is 8.96. The second-order valence-corrected chi connectivity index (χ2v) is 8.96. The van der Waals surface area contributed by atoms with Crippen molar-refractivity contribution in [2.24, 2.45) is 29.4 Å². The number of rotatable bonds is 3. The summed E-state index contributed by atoms with van der Waals surface area (Å²) in [5.74, 6) is 3.01. The zero-order valence-corrected chi connectivity index (χ0v) is 16.1. The Morgan fingerprint density at radius 2 is 1.81 bits per heavy atom. The number of nitrogens with two attached hydrogens (primary N) is 1. The van der Waals surface area contributed by atoms with E-state index >= 15 is 0 Å². The number of carbonyl (C=O) groups excluding carboxylic acids is 1. The first kappa shape index (κ1) is 18.0. The van der Waals surface area contributed by atoms with Gasteiger partial charge in [0.25, 0.3) is 0 Å². The first-order valence-electron chi connectivity index (χ1n) is 10.8. The quantitative estimate of drug-likeness (QED) is 0.885. The molecule has 4 atom stereocenters. The molecule has 2 bridgehead atoms. The van der Waals surface area contributed by atoms with E-state index in [0.717, 1.165) is 38.8 Å². The summed E-state index contributed by atoms with van der Waals surface area (Å²) >= 11 is 0. The highest BCUT2D eigenvalue weighted by Gasteiger charge is 2.42. The number of hydrogen-bond acceptors (Lipinski definition) is 2. The van der Waals surface area contributed by atoms with Crippen molar-refractivity contribution < 1.29 is 4.79 Å². The van der Waals surface area contributed by atoms with Gasteiger partial charge >= 0.3 is 0 Å². The number of piperidine rings is 1. The highest BCUT2D eigenvalue weighted by molar-refractivity contribution is 5.79. The van der Waals surface area contributed by atoms with E-state index < -0.39 is 0 Å². The van der Waals surface area contributed by atoms with E-state index in [2.05, 4.69) is 42.2 Å². The fourth-order valence-electron chi connectivity index (χ4n) is 6.03. The molecule has 4 rings (SSSR count). The first-order valence-corrected chi connectivity index (χ1v) is 10.8. The van der Waals surface area contributed by atoms with Gasteiger partial charge in [-0.2, -0.15) is 0 Å². The lowest BCUT2D eigenvalue weighted by Crippen LogP contribution is -2.51. The third-order valence-electron chi connectivity index (χ3n) is 7.56. The van der Waals surface area contributed by atoms with Crippen LogP contribution in [0, 0.1) is 23.7 Å². The molecular formula is C23H34N2O. The molecule has 1 aromatic rings. The molecule has 1 aliphatic heterocycles. The normalized spacial score (nSPS) is 37.4. The van der Waals surface area contributed by atoms with Crippen LogP contribution in [0.15, 0.2) is 30.3 Å². The predicted octanol–water partition coefficient (Wildman–Crippen LogP) is 4.18. The van der Waals surface area contributed by atoms with Crippen molar-refractivity contribution in [2.75, 3.05) is 13.1 Å². The summed E-state index contributed by atoms with van der Waals surface area (Å²) in [4.78, 5) is 15.5. The molecule has 2 saturated carbocycles. The number of fused-ring (bicyclic) bond motifs is 2. The van der Waals surface area contributed by atoms with Crippen molar-refractivity contribution in [1.82, 2.24) is 4.90 Å². The van der Waals surface area contributed by atoms with Crippen LogP contribution in [-0.4, -0.2) is 29.9 Å². The lowest BCUT2D eigenvalue weighted by atomic mass is 9.64. The monoisotopic (exact) mass is 354 g/mol. The number of likely N-dealkylation sites (tertiary alicyclic amines) is 1. The summed E-state index contributed by atoms with van der Waals surface area (Å²) in [6, 6.07) is 11.2. The van der Waals surface area contributed by atoms with Gasteiger partial charge in [-0.25, -0.2) is 0 Å². The summed E-state index contributed by atoms with van der Waals surface area (Å²) in [6.45, 7) is 4.14. The minimum atomic E-state index is 0.232. The molecule has 0 radical (unpaired) electrons. The SMILES string of the molecule is CCC1CN(C(=O)C2CC3CCCC(C2)C3N)CCC1c1ccccc1. The Hall–Kier alpha value is -1.35. The van der Waals surface area contributed by atoms with Gasteiger partial charge in [-0.3, -0.25) is 4.79 Å². The Bertz CT molecular complexity index is 602. The van der Waals surface area contributed by atoms with Crippen LogP contribution in [0.1, 0.15) is 63.4 Å². The summed E-state index contributed by atoms with van der Waals surface area (Å²) in [5.41, 5.74) is 7.88. The Balaban J connectivity index is 1.42. The van der Waals surface area contributed by atoms with E-state index in [1.54, 1.807) is 0 Å². The third kappa shape index (κ3) is 3.43. The van der Waals surface area contributed by atoms with Gasteiger partial charge in [0, 0.05) is 25.0 Å². The maximum atomic E-state index is 13.3. The predicted molar refractivity (Wildman–Crippen MR) is 106 cm³/mol. The van der Waals surface area contributed by atoms with Crippen molar-refractivity contribution in [3.63, 3.8) is 0 Å². The number of benzene rings is 1. The topological polar surface area (TPSA) is 46.3 Å².